The van der Waals surface area contributed by atoms with Crippen molar-refractivity contribution < 1.29 is 80.2 Å². The summed E-state index contributed by atoms with van der Waals surface area (Å²) >= 11 is 0. The van der Waals surface area contributed by atoms with Gasteiger partial charge < -0.3 is 33.8 Å². The highest BCUT2D eigenvalue weighted by molar-refractivity contribution is 7.47. The van der Waals surface area contributed by atoms with Gasteiger partial charge in [0.15, 0.2) is 12.2 Å². The highest BCUT2D eigenvalue weighted by atomic mass is 31.2. The Morgan fingerprint density at radius 2 is 0.522 bits per heavy atom. The Bertz CT molecular complexity index is 1820. The summed E-state index contributed by atoms with van der Waals surface area (Å²) in [6, 6.07) is 0. The van der Waals surface area contributed by atoms with E-state index in [2.05, 4.69) is 55.4 Å². The lowest BCUT2D eigenvalue weighted by molar-refractivity contribution is -0.161. The molecule has 546 valence electrons. The van der Waals surface area contributed by atoms with Crippen LogP contribution in [0.3, 0.4) is 0 Å². The first-order valence-corrected chi connectivity index (χ1v) is 40.8. The second-order valence-corrected chi connectivity index (χ2v) is 30.7. The zero-order valence-corrected chi connectivity index (χ0v) is 62.0. The van der Waals surface area contributed by atoms with Crippen molar-refractivity contribution in [3.63, 3.8) is 0 Å². The van der Waals surface area contributed by atoms with E-state index in [-0.39, 0.29) is 25.7 Å². The summed E-state index contributed by atoms with van der Waals surface area (Å²) < 4.78 is 68.3. The lowest BCUT2D eigenvalue weighted by Crippen LogP contribution is -2.30. The van der Waals surface area contributed by atoms with Crippen LogP contribution in [0.1, 0.15) is 364 Å². The fourth-order valence-electron chi connectivity index (χ4n) is 11.0. The van der Waals surface area contributed by atoms with Gasteiger partial charge in [-0.05, 0) is 49.4 Å². The SMILES string of the molecule is CCC(C)CCCCCCCCCCC(=O)O[C@H](COC(=O)CCCCCCCCCCCCCCCCCCCCC(C)C)COP(=O)(O)OC[C@@H](O)COP(=O)(O)OC[C@@H](COC(=O)CCCCCCCCC(C)CC)OC(=O)CCCCCCCCC(C)C. The minimum absolute atomic E-state index is 0.101. The molecule has 0 aromatic heterocycles. The van der Waals surface area contributed by atoms with Crippen molar-refractivity contribution in [2.75, 3.05) is 39.6 Å². The molecule has 0 saturated carbocycles. The molecule has 4 unspecified atom stereocenters. The quantitative estimate of drug-likeness (QED) is 0.0222. The maximum Gasteiger partial charge on any atom is 0.472 e. The third-order valence-electron chi connectivity index (χ3n) is 17.5. The number of ether oxygens (including phenoxy) is 4. The number of esters is 4. The Hall–Kier alpha value is -1.94. The van der Waals surface area contributed by atoms with E-state index in [1.165, 1.54) is 161 Å². The third-order valence-corrected chi connectivity index (χ3v) is 19.4. The van der Waals surface area contributed by atoms with E-state index >= 15 is 0 Å². The van der Waals surface area contributed by atoms with Crippen LogP contribution >= 0.6 is 15.6 Å². The molecule has 0 aliphatic rings. The molecule has 0 aliphatic heterocycles. The first kappa shape index (κ1) is 90.1. The van der Waals surface area contributed by atoms with E-state index in [1.807, 2.05) is 0 Å². The molecule has 0 aromatic carbocycles. The van der Waals surface area contributed by atoms with Gasteiger partial charge in [0.1, 0.15) is 19.3 Å². The van der Waals surface area contributed by atoms with Crippen LogP contribution in [0, 0.1) is 23.7 Å². The molecule has 17 nitrogen and oxygen atoms in total. The van der Waals surface area contributed by atoms with Gasteiger partial charge in [-0.2, -0.15) is 0 Å². The van der Waals surface area contributed by atoms with Gasteiger partial charge in [0.2, 0.25) is 0 Å². The fraction of sp³-hybridized carbons (Fsp3) is 0.945. The number of unbranched alkanes of at least 4 members (excludes halogenated alkanes) is 34. The summed E-state index contributed by atoms with van der Waals surface area (Å²) in [6.45, 7) is 14.1. The number of rotatable bonds is 70. The lowest BCUT2D eigenvalue weighted by atomic mass is 9.99. The van der Waals surface area contributed by atoms with Crippen LogP contribution in [-0.4, -0.2) is 96.7 Å². The molecule has 0 saturated heterocycles. The second kappa shape index (κ2) is 62.6. The van der Waals surface area contributed by atoms with Crippen LogP contribution in [0.25, 0.3) is 0 Å². The van der Waals surface area contributed by atoms with Crippen molar-refractivity contribution in [2.24, 2.45) is 23.7 Å². The van der Waals surface area contributed by atoms with Gasteiger partial charge >= 0.3 is 39.5 Å². The molecule has 0 bridgehead atoms. The number of aliphatic hydroxyl groups is 1. The number of aliphatic hydroxyl groups excluding tert-OH is 1. The summed E-state index contributed by atoms with van der Waals surface area (Å²) in [5.41, 5.74) is 0. The van der Waals surface area contributed by atoms with E-state index in [9.17, 15) is 43.2 Å². The van der Waals surface area contributed by atoms with Crippen LogP contribution in [0.15, 0.2) is 0 Å². The Balaban J connectivity index is 5.15. The number of carbonyl (C=O) groups excluding carboxylic acids is 4. The largest absolute Gasteiger partial charge is 0.472 e. The van der Waals surface area contributed by atoms with E-state index in [1.54, 1.807) is 0 Å². The van der Waals surface area contributed by atoms with Gasteiger partial charge in [-0.1, -0.05) is 312 Å². The van der Waals surface area contributed by atoms with Gasteiger partial charge in [0.05, 0.1) is 26.4 Å². The van der Waals surface area contributed by atoms with E-state index in [0.29, 0.717) is 31.6 Å². The number of hydrogen-bond acceptors (Lipinski definition) is 15. The Morgan fingerprint density at radius 3 is 0.772 bits per heavy atom. The molecule has 0 heterocycles. The van der Waals surface area contributed by atoms with Crippen molar-refractivity contribution in [2.45, 2.75) is 382 Å². The highest BCUT2D eigenvalue weighted by Gasteiger charge is 2.30. The van der Waals surface area contributed by atoms with Crippen molar-refractivity contribution in [1.29, 1.82) is 0 Å². The lowest BCUT2D eigenvalue weighted by Gasteiger charge is -2.21. The molecule has 3 N–H and O–H groups in total. The molecule has 0 aliphatic carbocycles. The predicted octanol–water partition coefficient (Wildman–Crippen LogP) is 20.9. The Labute approximate surface area is 562 Å². The molecule has 0 amide bonds. The summed E-state index contributed by atoms with van der Waals surface area (Å²) in [4.78, 5) is 72.5. The number of phosphoric acid groups is 2. The smallest absolute Gasteiger partial charge is 0.462 e. The third kappa shape index (κ3) is 64.1. The van der Waals surface area contributed by atoms with Gasteiger partial charge in [0.25, 0.3) is 0 Å². The van der Waals surface area contributed by atoms with E-state index < -0.39 is 97.5 Å². The Morgan fingerprint density at radius 1 is 0.304 bits per heavy atom. The molecule has 0 rings (SSSR count). The maximum absolute atomic E-state index is 13.0. The van der Waals surface area contributed by atoms with Gasteiger partial charge in [0, 0.05) is 25.7 Å². The van der Waals surface area contributed by atoms with Crippen LogP contribution in [0.5, 0.6) is 0 Å². The number of hydrogen-bond donors (Lipinski definition) is 3. The Kier molecular flexibility index (Phi) is 61.3. The minimum Gasteiger partial charge on any atom is -0.462 e. The van der Waals surface area contributed by atoms with Crippen LogP contribution in [0.2, 0.25) is 0 Å². The molecular weight excluding hydrogens is 1210 g/mol. The number of carbonyl (C=O) groups is 4. The fourth-order valence-corrected chi connectivity index (χ4v) is 12.5. The summed E-state index contributed by atoms with van der Waals surface area (Å²) in [5, 5.41) is 10.6. The number of phosphoric ester groups is 2. The standard InChI is InChI=1S/C73H142O17P2/c1-9-65(7)51-43-35-26-23-24-28-39-47-55-72(77)89-68(59-83-70(75)53-45-37-27-22-20-18-16-14-12-11-13-15-17-19-21-25-33-41-49-63(3)4)61-87-91(79,80)85-57-67(74)58-86-92(81,82)88-62-69(90-73(78)56-48-40-31-29-34-42-50-64(5)6)60-84-71(76)54-46-38-32-30-36-44-52-66(8)10-2/h63-69,74H,9-62H2,1-8H3,(H,79,80)(H,81,82)/t65?,66?,67-,68-,69-/m1/s1. The molecule has 7 atom stereocenters. The molecule has 92 heavy (non-hydrogen) atoms. The molecule has 0 spiro atoms. The second-order valence-electron chi connectivity index (χ2n) is 27.8. The van der Waals surface area contributed by atoms with Crippen LogP contribution in [-0.2, 0) is 65.4 Å². The normalized spacial score (nSPS) is 14.8. The first-order valence-electron chi connectivity index (χ1n) is 37.8. The van der Waals surface area contributed by atoms with Gasteiger partial charge in [-0.3, -0.25) is 37.3 Å². The zero-order valence-electron chi connectivity index (χ0n) is 60.2. The maximum atomic E-state index is 13.0. The highest BCUT2D eigenvalue weighted by Crippen LogP contribution is 2.45. The molecule has 19 heteroatoms. The monoisotopic (exact) mass is 1350 g/mol. The average Bonchev–Trinajstić information content (AvgIpc) is 1.42. The van der Waals surface area contributed by atoms with Crippen molar-refractivity contribution in [3.8, 4) is 0 Å². The van der Waals surface area contributed by atoms with Gasteiger partial charge in [-0.25, -0.2) is 9.13 Å². The van der Waals surface area contributed by atoms with Crippen molar-refractivity contribution in [1.82, 2.24) is 0 Å². The van der Waals surface area contributed by atoms with Gasteiger partial charge in [-0.15, -0.1) is 0 Å². The predicted molar refractivity (Wildman–Crippen MR) is 372 cm³/mol. The molecule has 0 fully saturated rings. The first-order chi connectivity index (χ1) is 44.2. The molecular formula is C73H142O17P2. The van der Waals surface area contributed by atoms with E-state index in [0.717, 1.165) is 114 Å². The topological polar surface area (TPSA) is 237 Å². The summed E-state index contributed by atoms with van der Waals surface area (Å²) in [5.74, 6) is 0.860. The molecule has 0 radical (unpaired) electrons. The van der Waals surface area contributed by atoms with Crippen LogP contribution in [0.4, 0.5) is 0 Å². The van der Waals surface area contributed by atoms with Crippen LogP contribution < -0.4 is 0 Å². The average molecular weight is 1350 g/mol. The van der Waals surface area contributed by atoms with E-state index in [4.69, 9.17) is 37.0 Å². The summed E-state index contributed by atoms with van der Waals surface area (Å²) in [7, 11) is -9.90. The minimum atomic E-state index is -4.95. The zero-order chi connectivity index (χ0) is 68.2. The van der Waals surface area contributed by atoms with Crippen molar-refractivity contribution in [3.05, 3.63) is 0 Å². The summed E-state index contributed by atoms with van der Waals surface area (Å²) in [6.07, 6.45) is 46.2. The van der Waals surface area contributed by atoms with Crippen molar-refractivity contribution >= 4 is 39.5 Å². The molecule has 0 aromatic rings.